The van der Waals surface area contributed by atoms with Crippen LogP contribution in [-0.2, 0) is 4.79 Å². The summed E-state index contributed by atoms with van der Waals surface area (Å²) in [5.74, 6) is -0.224. The Morgan fingerprint density at radius 1 is 1.27 bits per heavy atom. The molecule has 6 nitrogen and oxygen atoms in total. The van der Waals surface area contributed by atoms with Gasteiger partial charge >= 0.3 is 0 Å². The number of likely N-dealkylation sites (N-methyl/N-ethyl adjacent to an activating group) is 1. The molecule has 0 radical (unpaired) electrons. The van der Waals surface area contributed by atoms with Crippen molar-refractivity contribution in [3.05, 3.63) is 28.8 Å². The van der Waals surface area contributed by atoms with Crippen LogP contribution in [0.25, 0.3) is 0 Å². The van der Waals surface area contributed by atoms with Gasteiger partial charge in [-0.2, -0.15) is 0 Å². The highest BCUT2D eigenvalue weighted by molar-refractivity contribution is 6.00. The zero-order chi connectivity index (χ0) is 19.6. The van der Waals surface area contributed by atoms with Gasteiger partial charge in [0.15, 0.2) is 0 Å². The SMILES string of the molecule is CCNC(=O)[C@@H]1C[C@H](N)CN1C(=O)c1cc(C(C)C)cc(C(C)C)c1O. The lowest BCUT2D eigenvalue weighted by atomic mass is 9.91. The zero-order valence-electron chi connectivity index (χ0n) is 16.4. The Labute approximate surface area is 155 Å². The van der Waals surface area contributed by atoms with Crippen molar-refractivity contribution in [3.8, 4) is 5.75 Å². The Morgan fingerprint density at radius 2 is 1.92 bits per heavy atom. The zero-order valence-corrected chi connectivity index (χ0v) is 16.4. The van der Waals surface area contributed by atoms with E-state index in [0.29, 0.717) is 19.5 Å². The number of benzene rings is 1. The van der Waals surface area contributed by atoms with Gasteiger partial charge in [0, 0.05) is 19.1 Å². The maximum Gasteiger partial charge on any atom is 0.258 e. The average Bonchev–Trinajstić information content (AvgIpc) is 2.96. The summed E-state index contributed by atoms with van der Waals surface area (Å²) in [7, 11) is 0. The van der Waals surface area contributed by atoms with Crippen LogP contribution in [-0.4, -0.2) is 47.0 Å². The van der Waals surface area contributed by atoms with E-state index in [4.69, 9.17) is 5.73 Å². The Morgan fingerprint density at radius 3 is 2.46 bits per heavy atom. The van der Waals surface area contributed by atoms with Gasteiger partial charge in [0.2, 0.25) is 5.91 Å². The molecule has 0 aromatic heterocycles. The fourth-order valence-corrected chi connectivity index (χ4v) is 3.40. The Bertz CT molecular complexity index is 685. The number of likely N-dealkylation sites (tertiary alicyclic amines) is 1. The molecule has 144 valence electrons. The standard InChI is InChI=1S/C20H31N3O3/c1-6-22-19(25)17-9-14(21)10-23(17)20(26)16-8-13(11(2)3)7-15(12(4)5)18(16)24/h7-8,11-12,14,17,24H,6,9-10,21H2,1-5H3,(H,22,25)/t14-,17-/m0/s1. The number of hydrogen-bond donors (Lipinski definition) is 3. The topological polar surface area (TPSA) is 95.7 Å². The number of rotatable bonds is 5. The summed E-state index contributed by atoms with van der Waals surface area (Å²) >= 11 is 0. The summed E-state index contributed by atoms with van der Waals surface area (Å²) < 4.78 is 0. The molecule has 0 saturated carbocycles. The monoisotopic (exact) mass is 361 g/mol. The van der Waals surface area contributed by atoms with Gasteiger partial charge in [0.05, 0.1) is 5.56 Å². The molecule has 1 aromatic carbocycles. The highest BCUT2D eigenvalue weighted by Gasteiger charge is 2.39. The van der Waals surface area contributed by atoms with Crippen LogP contribution in [0.15, 0.2) is 12.1 Å². The van der Waals surface area contributed by atoms with Gasteiger partial charge in [-0.25, -0.2) is 0 Å². The number of nitrogens with zero attached hydrogens (tertiary/aromatic N) is 1. The number of amides is 2. The van der Waals surface area contributed by atoms with Gasteiger partial charge < -0.3 is 21.1 Å². The van der Waals surface area contributed by atoms with E-state index in [0.717, 1.165) is 11.1 Å². The number of carbonyl (C=O) groups is 2. The van der Waals surface area contributed by atoms with Gasteiger partial charge in [-0.3, -0.25) is 9.59 Å². The minimum Gasteiger partial charge on any atom is -0.507 e. The van der Waals surface area contributed by atoms with Crippen LogP contribution in [0, 0.1) is 0 Å². The van der Waals surface area contributed by atoms with Crippen molar-refractivity contribution in [1.29, 1.82) is 0 Å². The van der Waals surface area contributed by atoms with Crippen LogP contribution in [0.1, 0.15) is 74.4 Å². The summed E-state index contributed by atoms with van der Waals surface area (Å²) in [6.45, 7) is 10.7. The lowest BCUT2D eigenvalue weighted by Gasteiger charge is -2.25. The van der Waals surface area contributed by atoms with E-state index in [9.17, 15) is 14.7 Å². The maximum absolute atomic E-state index is 13.2. The van der Waals surface area contributed by atoms with E-state index in [1.165, 1.54) is 4.90 Å². The third-order valence-electron chi connectivity index (χ3n) is 4.93. The van der Waals surface area contributed by atoms with E-state index in [2.05, 4.69) is 5.32 Å². The largest absolute Gasteiger partial charge is 0.507 e. The van der Waals surface area contributed by atoms with Crippen LogP contribution in [0.3, 0.4) is 0 Å². The van der Waals surface area contributed by atoms with Gasteiger partial charge in [0.1, 0.15) is 11.8 Å². The van der Waals surface area contributed by atoms with Crippen molar-refractivity contribution in [1.82, 2.24) is 10.2 Å². The second kappa shape index (κ2) is 8.08. The molecule has 0 unspecified atom stereocenters. The van der Waals surface area contributed by atoms with Crippen molar-refractivity contribution in [3.63, 3.8) is 0 Å². The van der Waals surface area contributed by atoms with Gasteiger partial charge in [-0.15, -0.1) is 0 Å². The van der Waals surface area contributed by atoms with Crippen molar-refractivity contribution >= 4 is 11.8 Å². The Balaban J connectivity index is 2.46. The van der Waals surface area contributed by atoms with E-state index in [1.807, 2.05) is 40.7 Å². The Hall–Kier alpha value is -2.08. The first kappa shape index (κ1) is 20.2. The molecule has 1 aliphatic rings. The first-order valence-electron chi connectivity index (χ1n) is 9.38. The lowest BCUT2D eigenvalue weighted by molar-refractivity contribution is -0.124. The average molecular weight is 361 g/mol. The first-order valence-corrected chi connectivity index (χ1v) is 9.38. The quantitative estimate of drug-likeness (QED) is 0.750. The van der Waals surface area contributed by atoms with Gasteiger partial charge in [-0.1, -0.05) is 33.8 Å². The minimum absolute atomic E-state index is 0.00419. The summed E-state index contributed by atoms with van der Waals surface area (Å²) in [5.41, 5.74) is 8.02. The summed E-state index contributed by atoms with van der Waals surface area (Å²) in [6, 6.07) is 2.86. The van der Waals surface area contributed by atoms with Crippen LogP contribution < -0.4 is 11.1 Å². The molecule has 1 saturated heterocycles. The second-order valence-corrected chi connectivity index (χ2v) is 7.68. The third-order valence-corrected chi connectivity index (χ3v) is 4.93. The molecule has 4 N–H and O–H groups in total. The molecule has 1 aromatic rings. The number of nitrogens with two attached hydrogens (primary N) is 1. The first-order chi connectivity index (χ1) is 12.2. The predicted molar refractivity (Wildman–Crippen MR) is 102 cm³/mol. The Kier molecular flexibility index (Phi) is 6.29. The van der Waals surface area contributed by atoms with Gasteiger partial charge in [0.25, 0.3) is 5.91 Å². The highest BCUT2D eigenvalue weighted by Crippen LogP contribution is 2.34. The van der Waals surface area contributed by atoms with Gasteiger partial charge in [-0.05, 0) is 42.4 Å². The third kappa shape index (κ3) is 4.01. The predicted octanol–water partition coefficient (Wildman–Crippen LogP) is 2.32. The van der Waals surface area contributed by atoms with E-state index < -0.39 is 6.04 Å². The fraction of sp³-hybridized carbons (Fsp3) is 0.600. The highest BCUT2D eigenvalue weighted by atomic mass is 16.3. The summed E-state index contributed by atoms with van der Waals surface area (Å²) in [5, 5.41) is 13.5. The van der Waals surface area contributed by atoms with Crippen LogP contribution >= 0.6 is 0 Å². The molecule has 2 amide bonds. The lowest BCUT2D eigenvalue weighted by Crippen LogP contribution is -2.46. The molecule has 1 heterocycles. The molecular formula is C20H31N3O3. The van der Waals surface area contributed by atoms with Crippen molar-refractivity contribution < 1.29 is 14.7 Å². The molecule has 1 fully saturated rings. The van der Waals surface area contributed by atoms with Crippen LogP contribution in [0.4, 0.5) is 0 Å². The number of hydrogen-bond acceptors (Lipinski definition) is 4. The van der Waals surface area contributed by atoms with E-state index in [-0.39, 0.29) is 41.0 Å². The molecule has 0 spiro atoms. The molecule has 26 heavy (non-hydrogen) atoms. The second-order valence-electron chi connectivity index (χ2n) is 7.68. The van der Waals surface area contributed by atoms with Crippen molar-refractivity contribution in [2.45, 2.75) is 65.0 Å². The molecule has 0 bridgehead atoms. The molecule has 2 rings (SSSR count). The molecule has 2 atom stereocenters. The minimum atomic E-state index is -0.595. The number of phenols is 1. The summed E-state index contributed by atoms with van der Waals surface area (Å²) in [6.07, 6.45) is 0.430. The van der Waals surface area contributed by atoms with Crippen LogP contribution in [0.2, 0.25) is 0 Å². The molecular weight excluding hydrogens is 330 g/mol. The number of carbonyl (C=O) groups excluding carboxylic acids is 2. The van der Waals surface area contributed by atoms with Crippen molar-refractivity contribution in [2.75, 3.05) is 13.1 Å². The summed E-state index contributed by atoms with van der Waals surface area (Å²) in [4.78, 5) is 27.1. The normalized spacial score (nSPS) is 20.1. The smallest absolute Gasteiger partial charge is 0.258 e. The molecule has 1 aliphatic heterocycles. The maximum atomic E-state index is 13.2. The number of nitrogens with one attached hydrogen (secondary N) is 1. The number of aromatic hydroxyl groups is 1. The van der Waals surface area contributed by atoms with E-state index in [1.54, 1.807) is 6.07 Å². The van der Waals surface area contributed by atoms with Crippen molar-refractivity contribution in [2.24, 2.45) is 5.73 Å². The van der Waals surface area contributed by atoms with E-state index >= 15 is 0 Å². The molecule has 0 aliphatic carbocycles. The number of phenolic OH excluding ortho intramolecular Hbond substituents is 1. The fourth-order valence-electron chi connectivity index (χ4n) is 3.40. The van der Waals surface area contributed by atoms with Crippen LogP contribution in [0.5, 0.6) is 5.75 Å². The molecule has 6 heteroatoms.